The molecule has 3 fully saturated rings. The molecule has 2 saturated heterocycles. The van der Waals surface area contributed by atoms with Crippen LogP contribution in [-0.2, 0) is 9.53 Å². The number of carbonyl (C=O) groups is 2. The third kappa shape index (κ3) is 3.74. The van der Waals surface area contributed by atoms with E-state index < -0.39 is 0 Å². The lowest BCUT2D eigenvalue weighted by Gasteiger charge is -2.44. The van der Waals surface area contributed by atoms with E-state index in [4.69, 9.17) is 26.3 Å². The number of hydrogen-bond acceptors (Lipinski definition) is 5. The van der Waals surface area contributed by atoms with Crippen molar-refractivity contribution in [1.29, 1.82) is 5.26 Å². The van der Waals surface area contributed by atoms with Crippen LogP contribution in [0.15, 0.2) is 18.2 Å². The number of likely N-dealkylation sites (tertiary alicyclic amines) is 1. The minimum atomic E-state index is -0.380. The van der Waals surface area contributed by atoms with Gasteiger partial charge in [0.1, 0.15) is 12.4 Å². The van der Waals surface area contributed by atoms with Crippen LogP contribution in [0.3, 0.4) is 0 Å². The second-order valence-electron chi connectivity index (χ2n) is 7.92. The molecule has 2 aliphatic heterocycles. The first-order chi connectivity index (χ1) is 13.5. The molecule has 0 aromatic heterocycles. The number of hydrogen-bond donors (Lipinski definition) is 1. The van der Waals surface area contributed by atoms with Gasteiger partial charge < -0.3 is 19.7 Å². The zero-order valence-corrected chi connectivity index (χ0v) is 16.2. The lowest BCUT2D eigenvalue weighted by Crippen LogP contribution is -2.58. The molecule has 0 unspecified atom stereocenters. The van der Waals surface area contributed by atoms with Crippen LogP contribution >= 0.6 is 11.6 Å². The Morgan fingerprint density at radius 1 is 1.39 bits per heavy atom. The molecule has 1 aromatic rings. The van der Waals surface area contributed by atoms with E-state index >= 15 is 0 Å². The molecule has 1 N–H and O–H groups in total. The van der Waals surface area contributed by atoms with Gasteiger partial charge in [0, 0.05) is 19.0 Å². The summed E-state index contributed by atoms with van der Waals surface area (Å²) in [7, 11) is 0. The summed E-state index contributed by atoms with van der Waals surface area (Å²) in [6.45, 7) is 2.36. The van der Waals surface area contributed by atoms with Crippen LogP contribution in [-0.4, -0.2) is 48.7 Å². The Hall–Kier alpha value is -2.46. The van der Waals surface area contributed by atoms with Crippen molar-refractivity contribution in [3.63, 3.8) is 0 Å². The van der Waals surface area contributed by atoms with Crippen molar-refractivity contribution >= 4 is 23.6 Å². The highest BCUT2D eigenvalue weighted by Crippen LogP contribution is 2.41. The zero-order chi connectivity index (χ0) is 19.7. The number of alkyl carbamates (subject to hydrolysis) is 1. The lowest BCUT2D eigenvalue weighted by molar-refractivity contribution is -0.142. The van der Waals surface area contributed by atoms with Crippen molar-refractivity contribution in [2.75, 3.05) is 26.3 Å². The molecule has 0 bridgehead atoms. The number of piperidine rings is 1. The molecule has 4 rings (SSSR count). The van der Waals surface area contributed by atoms with Gasteiger partial charge in [-0.2, -0.15) is 5.26 Å². The number of nitrogens with zero attached hydrogens (tertiary/aromatic N) is 2. The van der Waals surface area contributed by atoms with Crippen molar-refractivity contribution in [2.24, 2.45) is 11.8 Å². The van der Waals surface area contributed by atoms with Crippen molar-refractivity contribution in [3.8, 4) is 11.8 Å². The van der Waals surface area contributed by atoms with E-state index in [0.29, 0.717) is 48.3 Å². The first-order valence-corrected chi connectivity index (χ1v) is 9.92. The smallest absolute Gasteiger partial charge is 0.407 e. The van der Waals surface area contributed by atoms with Crippen molar-refractivity contribution in [2.45, 2.75) is 31.2 Å². The summed E-state index contributed by atoms with van der Waals surface area (Å²) in [5.74, 6) is 1.11. The van der Waals surface area contributed by atoms with Gasteiger partial charge in [0.25, 0.3) is 0 Å². The molecule has 148 valence electrons. The molecule has 1 aromatic carbocycles. The standard InChI is InChI=1S/C20H22ClN3O4/c21-16-7-14(10-22)1-2-17(16)27-11-13-3-5-24(6-4-13)18(25)15-8-20(9-15)12-28-19(26)23-20/h1-2,7,13,15H,3-6,8-9,11-12H2,(H,23,26). The first-order valence-electron chi connectivity index (χ1n) is 9.54. The number of nitriles is 1. The Balaban J connectivity index is 1.21. The number of halogens is 1. The van der Waals surface area contributed by atoms with E-state index in [0.717, 1.165) is 25.9 Å². The van der Waals surface area contributed by atoms with Crippen LogP contribution in [0.1, 0.15) is 31.2 Å². The van der Waals surface area contributed by atoms with E-state index in [-0.39, 0.29) is 23.5 Å². The van der Waals surface area contributed by atoms with Gasteiger partial charge in [0.05, 0.1) is 28.8 Å². The van der Waals surface area contributed by atoms with Crippen LogP contribution in [0, 0.1) is 23.2 Å². The number of benzene rings is 1. The molecular formula is C20H22ClN3O4. The molecule has 1 aliphatic carbocycles. The van der Waals surface area contributed by atoms with Gasteiger partial charge in [-0.25, -0.2) is 4.79 Å². The zero-order valence-electron chi connectivity index (χ0n) is 15.4. The molecule has 8 heteroatoms. The quantitative estimate of drug-likeness (QED) is 0.834. The maximum atomic E-state index is 12.7. The molecule has 1 saturated carbocycles. The highest BCUT2D eigenvalue weighted by Gasteiger charge is 2.53. The molecule has 2 amide bonds. The minimum absolute atomic E-state index is 0.0211. The van der Waals surface area contributed by atoms with Gasteiger partial charge in [0.2, 0.25) is 5.91 Å². The average molecular weight is 404 g/mol. The number of ether oxygens (including phenoxy) is 2. The fourth-order valence-electron chi connectivity index (χ4n) is 4.24. The van der Waals surface area contributed by atoms with Crippen molar-refractivity contribution < 1.29 is 19.1 Å². The van der Waals surface area contributed by atoms with E-state index in [1.54, 1.807) is 18.2 Å². The molecule has 28 heavy (non-hydrogen) atoms. The molecule has 3 aliphatic rings. The normalized spacial score (nSPS) is 26.9. The van der Waals surface area contributed by atoms with E-state index in [9.17, 15) is 9.59 Å². The molecular weight excluding hydrogens is 382 g/mol. The van der Waals surface area contributed by atoms with Crippen molar-refractivity contribution in [1.82, 2.24) is 10.2 Å². The Bertz CT molecular complexity index is 823. The number of nitrogens with one attached hydrogen (secondary N) is 1. The lowest BCUT2D eigenvalue weighted by atomic mass is 9.68. The largest absolute Gasteiger partial charge is 0.492 e. The second kappa shape index (κ2) is 7.51. The van der Waals surface area contributed by atoms with Gasteiger partial charge in [-0.3, -0.25) is 4.79 Å². The maximum Gasteiger partial charge on any atom is 0.407 e. The minimum Gasteiger partial charge on any atom is -0.492 e. The maximum absolute atomic E-state index is 12.7. The summed E-state index contributed by atoms with van der Waals surface area (Å²) >= 11 is 6.14. The third-order valence-corrected chi connectivity index (χ3v) is 6.23. The third-order valence-electron chi connectivity index (χ3n) is 5.93. The van der Waals surface area contributed by atoms with Gasteiger partial charge in [-0.05, 0) is 49.8 Å². The molecule has 1 spiro atoms. The molecule has 7 nitrogen and oxygen atoms in total. The molecule has 0 atom stereocenters. The van der Waals surface area contributed by atoms with Crippen LogP contribution < -0.4 is 10.1 Å². The fourth-order valence-corrected chi connectivity index (χ4v) is 4.48. The van der Waals surface area contributed by atoms with Crippen LogP contribution in [0.2, 0.25) is 5.02 Å². The first kappa shape index (κ1) is 18.9. The highest BCUT2D eigenvalue weighted by atomic mass is 35.5. The number of rotatable bonds is 4. The summed E-state index contributed by atoms with van der Waals surface area (Å²) < 4.78 is 10.8. The van der Waals surface area contributed by atoms with Crippen molar-refractivity contribution in [3.05, 3.63) is 28.8 Å². The second-order valence-corrected chi connectivity index (χ2v) is 8.33. The Morgan fingerprint density at radius 2 is 2.14 bits per heavy atom. The summed E-state index contributed by atoms with van der Waals surface area (Å²) in [6, 6.07) is 7.05. The van der Waals surface area contributed by atoms with Crippen LogP contribution in [0.4, 0.5) is 4.79 Å². The van der Waals surface area contributed by atoms with Gasteiger partial charge in [-0.1, -0.05) is 11.6 Å². The van der Waals surface area contributed by atoms with Crippen LogP contribution in [0.25, 0.3) is 0 Å². The Kier molecular flexibility index (Phi) is 5.07. The summed E-state index contributed by atoms with van der Waals surface area (Å²) in [5.41, 5.74) is 0.190. The fraction of sp³-hybridized carbons (Fsp3) is 0.550. The number of amides is 2. The van der Waals surface area contributed by atoms with Gasteiger partial charge in [-0.15, -0.1) is 0 Å². The van der Waals surface area contributed by atoms with E-state index in [2.05, 4.69) is 5.32 Å². The van der Waals surface area contributed by atoms with Crippen LogP contribution in [0.5, 0.6) is 5.75 Å². The van der Waals surface area contributed by atoms with Gasteiger partial charge in [0.15, 0.2) is 0 Å². The van der Waals surface area contributed by atoms with E-state index in [1.165, 1.54) is 0 Å². The molecule has 2 heterocycles. The highest BCUT2D eigenvalue weighted by molar-refractivity contribution is 6.32. The predicted octanol–water partition coefficient (Wildman–Crippen LogP) is 2.72. The van der Waals surface area contributed by atoms with E-state index in [1.807, 2.05) is 11.0 Å². The number of carbonyl (C=O) groups excluding carboxylic acids is 2. The Labute approximate surface area is 168 Å². The summed E-state index contributed by atoms with van der Waals surface area (Å²) in [6.07, 6.45) is 2.72. The predicted molar refractivity (Wildman–Crippen MR) is 101 cm³/mol. The topological polar surface area (TPSA) is 91.7 Å². The average Bonchev–Trinajstić information content (AvgIpc) is 3.08. The monoisotopic (exact) mass is 403 g/mol. The number of cyclic esters (lactones) is 1. The Morgan fingerprint density at radius 3 is 2.75 bits per heavy atom. The summed E-state index contributed by atoms with van der Waals surface area (Å²) in [5, 5.41) is 12.1. The van der Waals surface area contributed by atoms with Gasteiger partial charge >= 0.3 is 6.09 Å². The molecule has 0 radical (unpaired) electrons. The summed E-state index contributed by atoms with van der Waals surface area (Å²) in [4.78, 5) is 25.8. The SMILES string of the molecule is N#Cc1ccc(OCC2CCN(C(=O)C3CC4(COC(=O)N4)C3)CC2)c(Cl)c1.